The quantitative estimate of drug-likeness (QED) is 0.502. The Morgan fingerprint density at radius 2 is 2.04 bits per heavy atom. The average molecular weight is 427 g/mol. The molecule has 3 aromatic heterocycles. The molecule has 0 aliphatic rings. The van der Waals surface area contributed by atoms with Gasteiger partial charge in [-0.25, -0.2) is 9.36 Å². The molecule has 0 aliphatic carbocycles. The van der Waals surface area contributed by atoms with Gasteiger partial charge in [0.2, 0.25) is 0 Å². The van der Waals surface area contributed by atoms with Crippen LogP contribution in [0.2, 0.25) is 0 Å². The molecule has 0 saturated carbocycles. The van der Waals surface area contributed by atoms with Crippen molar-refractivity contribution in [2.45, 2.75) is 13.0 Å². The number of nitrogens with zero attached hydrogens (tertiary/aromatic N) is 4. The minimum Gasteiger partial charge on any atom is -0.291 e. The lowest BCUT2D eigenvalue weighted by Gasteiger charge is -2.12. The summed E-state index contributed by atoms with van der Waals surface area (Å²) in [6.07, 6.45) is 3.39. The van der Waals surface area contributed by atoms with Gasteiger partial charge in [0.05, 0.1) is 33.7 Å². The Morgan fingerprint density at radius 3 is 2.85 bits per heavy atom. The van der Waals surface area contributed by atoms with E-state index in [1.165, 1.54) is 22.1 Å². The van der Waals surface area contributed by atoms with Crippen molar-refractivity contribution < 1.29 is 0 Å². The second-order valence-corrected chi connectivity index (χ2v) is 8.06. The Morgan fingerprint density at radius 1 is 1.23 bits per heavy atom. The topological polar surface area (TPSA) is 80.7 Å². The highest BCUT2D eigenvalue weighted by atomic mass is 79.9. The summed E-state index contributed by atoms with van der Waals surface area (Å²) in [5.41, 5.74) is 0.125. The van der Waals surface area contributed by atoms with E-state index in [1.807, 2.05) is 24.3 Å². The first-order valence-electron chi connectivity index (χ1n) is 7.77. The Kier molecular flexibility index (Phi) is 4.18. The third kappa shape index (κ3) is 2.57. The molecule has 0 bridgehead atoms. The standard InChI is InChI=1S/C18H11BrN4O2S/c19-15-8-13-16(26-15)17(24)23(18(25)22(13)7-3-6-20)14-10-21-9-11-4-1-2-5-12(11)14/h1-2,4-5,8-10H,3,7H2. The van der Waals surface area contributed by atoms with Crippen molar-refractivity contribution in [3.05, 3.63) is 67.4 Å². The van der Waals surface area contributed by atoms with Crippen LogP contribution in [-0.2, 0) is 6.54 Å². The van der Waals surface area contributed by atoms with Gasteiger partial charge >= 0.3 is 5.69 Å². The lowest BCUT2D eigenvalue weighted by Crippen LogP contribution is -2.38. The molecule has 128 valence electrons. The van der Waals surface area contributed by atoms with E-state index in [2.05, 4.69) is 27.0 Å². The monoisotopic (exact) mass is 426 g/mol. The molecule has 4 aromatic rings. The van der Waals surface area contributed by atoms with Gasteiger partial charge < -0.3 is 0 Å². The molecule has 8 heteroatoms. The van der Waals surface area contributed by atoms with Crippen LogP contribution >= 0.6 is 27.3 Å². The molecule has 4 rings (SSSR count). The van der Waals surface area contributed by atoms with Gasteiger partial charge in [-0.2, -0.15) is 5.26 Å². The van der Waals surface area contributed by atoms with Crippen molar-refractivity contribution in [2.24, 2.45) is 0 Å². The number of aryl methyl sites for hydroxylation is 1. The Balaban J connectivity index is 2.15. The molecule has 1 aromatic carbocycles. The third-order valence-corrected chi connectivity index (χ3v) is 5.74. The van der Waals surface area contributed by atoms with Crippen molar-refractivity contribution in [3.8, 4) is 11.8 Å². The molecule has 0 radical (unpaired) electrons. The molecule has 26 heavy (non-hydrogen) atoms. The lowest BCUT2D eigenvalue weighted by molar-refractivity contribution is 0.663. The summed E-state index contributed by atoms with van der Waals surface area (Å²) >= 11 is 4.65. The molecule has 0 aliphatic heterocycles. The number of fused-ring (bicyclic) bond motifs is 2. The molecule has 0 amide bonds. The van der Waals surface area contributed by atoms with Crippen LogP contribution in [0.4, 0.5) is 0 Å². The van der Waals surface area contributed by atoms with Gasteiger partial charge in [-0.05, 0) is 22.0 Å². The number of aromatic nitrogens is 3. The molecule has 0 unspecified atom stereocenters. The van der Waals surface area contributed by atoms with Crippen molar-refractivity contribution in [1.82, 2.24) is 14.1 Å². The van der Waals surface area contributed by atoms with Gasteiger partial charge in [0.15, 0.2) is 0 Å². The molecule has 0 saturated heterocycles. The van der Waals surface area contributed by atoms with E-state index < -0.39 is 5.69 Å². The van der Waals surface area contributed by atoms with E-state index in [4.69, 9.17) is 5.26 Å². The second kappa shape index (κ2) is 6.52. The van der Waals surface area contributed by atoms with Crippen LogP contribution in [0.15, 0.2) is 56.1 Å². The first-order valence-corrected chi connectivity index (χ1v) is 9.37. The summed E-state index contributed by atoms with van der Waals surface area (Å²) in [6.45, 7) is 0.216. The van der Waals surface area contributed by atoms with Gasteiger partial charge in [-0.15, -0.1) is 11.3 Å². The number of halogens is 1. The maximum absolute atomic E-state index is 13.1. The molecule has 3 heterocycles. The van der Waals surface area contributed by atoms with Crippen molar-refractivity contribution in [3.63, 3.8) is 0 Å². The SMILES string of the molecule is N#CCCn1c(=O)n(-c2cncc3ccccc23)c(=O)c2sc(Br)cc21. The first kappa shape index (κ1) is 16.7. The zero-order chi connectivity index (χ0) is 18.3. The number of hydrogen-bond donors (Lipinski definition) is 0. The van der Waals surface area contributed by atoms with E-state index in [0.717, 1.165) is 19.1 Å². The predicted octanol–water partition coefficient (Wildman–Crippen LogP) is 3.44. The fourth-order valence-corrected chi connectivity index (χ4v) is 4.51. The average Bonchev–Trinajstić information content (AvgIpc) is 3.04. The Hall–Kier alpha value is -2.76. The molecular formula is C18H11BrN4O2S. The highest BCUT2D eigenvalue weighted by Crippen LogP contribution is 2.27. The molecule has 6 nitrogen and oxygen atoms in total. The maximum Gasteiger partial charge on any atom is 0.336 e. The van der Waals surface area contributed by atoms with E-state index in [-0.39, 0.29) is 18.5 Å². The van der Waals surface area contributed by atoms with Crippen LogP contribution in [0, 0.1) is 11.3 Å². The summed E-state index contributed by atoms with van der Waals surface area (Å²) in [5.74, 6) is 0. The van der Waals surface area contributed by atoms with Gasteiger partial charge in [0, 0.05) is 23.5 Å². The van der Waals surface area contributed by atoms with Gasteiger partial charge in [0.1, 0.15) is 4.70 Å². The fourth-order valence-electron chi connectivity index (χ4n) is 2.99. The second-order valence-electron chi connectivity index (χ2n) is 5.63. The van der Waals surface area contributed by atoms with Crippen molar-refractivity contribution >= 4 is 48.3 Å². The van der Waals surface area contributed by atoms with Crippen LogP contribution in [0.3, 0.4) is 0 Å². The molecule has 0 fully saturated rings. The summed E-state index contributed by atoms with van der Waals surface area (Å²) in [4.78, 5) is 30.4. The number of hydrogen-bond acceptors (Lipinski definition) is 5. The third-order valence-electron chi connectivity index (χ3n) is 4.13. The van der Waals surface area contributed by atoms with Crippen molar-refractivity contribution in [1.29, 1.82) is 5.26 Å². The number of thiophene rings is 1. The highest BCUT2D eigenvalue weighted by molar-refractivity contribution is 9.11. The minimum atomic E-state index is -0.471. The molecule has 0 atom stereocenters. The summed E-state index contributed by atoms with van der Waals surface area (Å²) < 4.78 is 3.84. The smallest absolute Gasteiger partial charge is 0.291 e. The van der Waals surface area contributed by atoms with Crippen LogP contribution < -0.4 is 11.2 Å². The number of nitriles is 1. The normalized spacial score (nSPS) is 11.1. The van der Waals surface area contributed by atoms with E-state index in [1.54, 1.807) is 12.3 Å². The van der Waals surface area contributed by atoms with Crippen LogP contribution in [0.1, 0.15) is 6.42 Å². The molecular weight excluding hydrogens is 416 g/mol. The maximum atomic E-state index is 13.1. The number of benzene rings is 1. The van der Waals surface area contributed by atoms with E-state index in [9.17, 15) is 9.59 Å². The largest absolute Gasteiger partial charge is 0.336 e. The van der Waals surface area contributed by atoms with Gasteiger partial charge in [-0.3, -0.25) is 14.3 Å². The summed E-state index contributed by atoms with van der Waals surface area (Å²) in [6, 6.07) is 11.3. The molecule has 0 N–H and O–H groups in total. The van der Waals surface area contributed by atoms with Gasteiger partial charge in [0.25, 0.3) is 5.56 Å². The zero-order valence-corrected chi connectivity index (χ0v) is 15.7. The van der Waals surface area contributed by atoms with E-state index >= 15 is 0 Å². The fraction of sp³-hybridized carbons (Fsp3) is 0.111. The minimum absolute atomic E-state index is 0.175. The zero-order valence-electron chi connectivity index (χ0n) is 13.3. The summed E-state index contributed by atoms with van der Waals surface area (Å²) in [7, 11) is 0. The lowest BCUT2D eigenvalue weighted by atomic mass is 10.1. The summed E-state index contributed by atoms with van der Waals surface area (Å²) in [5, 5.41) is 10.5. The number of rotatable bonds is 3. The molecule has 0 spiro atoms. The Bertz CT molecular complexity index is 1310. The van der Waals surface area contributed by atoms with Crippen molar-refractivity contribution in [2.75, 3.05) is 0 Å². The van der Waals surface area contributed by atoms with Crippen LogP contribution in [0.25, 0.3) is 26.7 Å². The Labute approximate surface area is 159 Å². The van der Waals surface area contributed by atoms with Gasteiger partial charge in [-0.1, -0.05) is 24.3 Å². The number of pyridine rings is 1. The van der Waals surface area contributed by atoms with E-state index in [0.29, 0.717) is 15.9 Å². The predicted molar refractivity (Wildman–Crippen MR) is 105 cm³/mol. The first-order chi connectivity index (χ1) is 12.6. The highest BCUT2D eigenvalue weighted by Gasteiger charge is 2.18. The van der Waals surface area contributed by atoms with Crippen LogP contribution in [0.5, 0.6) is 0 Å². The van der Waals surface area contributed by atoms with Crippen LogP contribution in [-0.4, -0.2) is 14.1 Å².